The lowest BCUT2D eigenvalue weighted by atomic mass is 9.85. The van der Waals surface area contributed by atoms with Crippen LogP contribution >= 0.6 is 0 Å². The monoisotopic (exact) mass is 403 g/mol. The molecule has 2 aliphatic rings. The van der Waals surface area contributed by atoms with Gasteiger partial charge in [-0.3, -0.25) is 14.6 Å². The third kappa shape index (κ3) is 4.47. The Morgan fingerprint density at radius 1 is 1.03 bits per heavy atom. The van der Waals surface area contributed by atoms with Crippen LogP contribution < -0.4 is 0 Å². The lowest BCUT2D eigenvalue weighted by Gasteiger charge is -2.43. The maximum absolute atomic E-state index is 13.5. The van der Waals surface area contributed by atoms with Gasteiger partial charge in [0, 0.05) is 46.4 Å². The van der Waals surface area contributed by atoms with E-state index in [4.69, 9.17) is 9.47 Å². The molecular weight excluding hydrogens is 370 g/mol. The summed E-state index contributed by atoms with van der Waals surface area (Å²) in [7, 11) is 3.33. The van der Waals surface area contributed by atoms with Crippen LogP contribution in [-0.2, 0) is 20.7 Å². The molecule has 1 spiro atoms. The first kappa shape index (κ1) is 21.7. The summed E-state index contributed by atoms with van der Waals surface area (Å²) in [6.45, 7) is 5.64. The van der Waals surface area contributed by atoms with Gasteiger partial charge in [0.25, 0.3) is 5.91 Å². The summed E-state index contributed by atoms with van der Waals surface area (Å²) in [4.78, 5) is 32.2. The molecule has 2 saturated heterocycles. The fourth-order valence-corrected chi connectivity index (χ4v) is 4.52. The molecule has 0 saturated carbocycles. The quantitative estimate of drug-likeness (QED) is 0.590. The SMILES string of the molecule is COCCN1C(=O)N(CCc2ccccc2)C(=O)C12CCN([C@H](C)COC)CC2. The van der Waals surface area contributed by atoms with E-state index in [1.165, 1.54) is 4.90 Å². The number of hydrogen-bond acceptors (Lipinski definition) is 5. The molecule has 2 fully saturated rings. The highest BCUT2D eigenvalue weighted by Gasteiger charge is 2.57. The summed E-state index contributed by atoms with van der Waals surface area (Å²) in [5.74, 6) is -0.0476. The molecule has 29 heavy (non-hydrogen) atoms. The number of likely N-dealkylation sites (tertiary alicyclic amines) is 1. The number of carbonyl (C=O) groups excluding carboxylic acids is 2. The van der Waals surface area contributed by atoms with Crippen molar-refractivity contribution in [3.8, 4) is 0 Å². The molecule has 2 aliphatic heterocycles. The van der Waals surface area contributed by atoms with Gasteiger partial charge in [0.15, 0.2) is 0 Å². The van der Waals surface area contributed by atoms with Crippen molar-refractivity contribution in [1.29, 1.82) is 0 Å². The van der Waals surface area contributed by atoms with Crippen molar-refractivity contribution in [3.05, 3.63) is 35.9 Å². The third-order valence-electron chi connectivity index (χ3n) is 6.26. The average Bonchev–Trinajstić information content (AvgIpc) is 2.92. The van der Waals surface area contributed by atoms with Gasteiger partial charge in [-0.1, -0.05) is 30.3 Å². The summed E-state index contributed by atoms with van der Waals surface area (Å²) < 4.78 is 10.5. The van der Waals surface area contributed by atoms with Crippen molar-refractivity contribution in [3.63, 3.8) is 0 Å². The minimum atomic E-state index is -0.740. The maximum atomic E-state index is 13.5. The van der Waals surface area contributed by atoms with Crippen LogP contribution in [0.1, 0.15) is 25.3 Å². The highest BCUT2D eigenvalue weighted by molar-refractivity contribution is 6.07. The molecule has 1 atom stereocenters. The lowest BCUT2D eigenvalue weighted by Crippen LogP contribution is -2.58. The normalized spacial score (nSPS) is 20.7. The number of methoxy groups -OCH3 is 2. The van der Waals surface area contributed by atoms with Crippen molar-refractivity contribution >= 4 is 11.9 Å². The minimum Gasteiger partial charge on any atom is -0.383 e. The number of hydrogen-bond donors (Lipinski definition) is 0. The first-order chi connectivity index (χ1) is 14.0. The fourth-order valence-electron chi connectivity index (χ4n) is 4.52. The maximum Gasteiger partial charge on any atom is 0.327 e. The van der Waals surface area contributed by atoms with E-state index in [-0.39, 0.29) is 11.9 Å². The molecule has 1 aromatic carbocycles. The highest BCUT2D eigenvalue weighted by Crippen LogP contribution is 2.37. The Bertz CT molecular complexity index is 689. The molecular formula is C22H33N3O4. The van der Waals surface area contributed by atoms with Gasteiger partial charge in [-0.2, -0.15) is 0 Å². The van der Waals surface area contributed by atoms with Crippen molar-refractivity contribution in [2.75, 3.05) is 53.6 Å². The van der Waals surface area contributed by atoms with E-state index in [0.717, 1.165) is 18.7 Å². The Balaban J connectivity index is 1.74. The Morgan fingerprint density at radius 3 is 2.34 bits per heavy atom. The van der Waals surface area contributed by atoms with E-state index >= 15 is 0 Å². The smallest absolute Gasteiger partial charge is 0.327 e. The first-order valence-corrected chi connectivity index (χ1v) is 10.4. The second kappa shape index (κ2) is 9.69. The molecule has 2 heterocycles. The summed E-state index contributed by atoms with van der Waals surface area (Å²) >= 11 is 0. The Kier molecular flexibility index (Phi) is 7.27. The number of urea groups is 1. The molecule has 0 radical (unpaired) electrons. The largest absolute Gasteiger partial charge is 0.383 e. The molecule has 0 N–H and O–H groups in total. The summed E-state index contributed by atoms with van der Waals surface area (Å²) in [6.07, 6.45) is 1.97. The molecule has 7 heteroatoms. The Labute approximate surface area is 173 Å². The molecule has 3 rings (SSSR count). The van der Waals surface area contributed by atoms with Crippen molar-refractivity contribution in [2.45, 2.75) is 37.8 Å². The number of imide groups is 1. The van der Waals surface area contributed by atoms with E-state index in [1.54, 1.807) is 19.1 Å². The Hall–Kier alpha value is -1.96. The first-order valence-electron chi connectivity index (χ1n) is 10.4. The third-order valence-corrected chi connectivity index (χ3v) is 6.26. The number of rotatable bonds is 9. The molecule has 1 aromatic rings. The van der Waals surface area contributed by atoms with Crippen molar-refractivity contribution in [1.82, 2.24) is 14.7 Å². The van der Waals surface area contributed by atoms with Gasteiger partial charge >= 0.3 is 6.03 Å². The van der Waals surface area contributed by atoms with E-state index in [1.807, 2.05) is 30.3 Å². The second-order valence-corrected chi connectivity index (χ2v) is 7.99. The molecule has 0 aromatic heterocycles. The minimum absolute atomic E-state index is 0.0476. The van der Waals surface area contributed by atoms with Gasteiger partial charge in [0.2, 0.25) is 0 Å². The number of nitrogens with zero attached hydrogens (tertiary/aromatic N) is 3. The number of amides is 3. The number of carbonyl (C=O) groups is 2. The fraction of sp³-hybridized carbons (Fsp3) is 0.636. The standard InChI is InChI=1S/C22H33N3O4/c1-18(17-29-3)23-13-10-22(11-14-23)20(26)24(21(27)25(22)15-16-28-2)12-9-19-7-5-4-6-8-19/h4-8,18H,9-17H2,1-3H3/t18-/m1/s1. The molecule has 7 nitrogen and oxygen atoms in total. The van der Waals surface area contributed by atoms with E-state index < -0.39 is 5.54 Å². The average molecular weight is 404 g/mol. The van der Waals surface area contributed by atoms with E-state index in [9.17, 15) is 9.59 Å². The zero-order valence-electron chi connectivity index (χ0n) is 17.8. The number of benzene rings is 1. The van der Waals surface area contributed by atoms with Crippen LogP contribution in [-0.4, -0.2) is 91.8 Å². The van der Waals surface area contributed by atoms with Crippen molar-refractivity contribution < 1.29 is 19.1 Å². The van der Waals surface area contributed by atoms with Crippen LogP contribution in [0.2, 0.25) is 0 Å². The number of ether oxygens (including phenoxy) is 2. The van der Waals surface area contributed by atoms with E-state index in [2.05, 4.69) is 11.8 Å². The predicted octanol–water partition coefficient (Wildman–Crippen LogP) is 2.01. The highest BCUT2D eigenvalue weighted by atomic mass is 16.5. The topological polar surface area (TPSA) is 62.3 Å². The van der Waals surface area contributed by atoms with Crippen LogP contribution in [0.4, 0.5) is 4.79 Å². The van der Waals surface area contributed by atoms with Crippen LogP contribution in [0.25, 0.3) is 0 Å². The molecule has 0 bridgehead atoms. The van der Waals surface area contributed by atoms with Gasteiger partial charge in [-0.25, -0.2) is 4.79 Å². The second-order valence-electron chi connectivity index (χ2n) is 7.99. The summed E-state index contributed by atoms with van der Waals surface area (Å²) in [5.41, 5.74) is 0.385. The van der Waals surface area contributed by atoms with Crippen LogP contribution in [0.3, 0.4) is 0 Å². The molecule has 0 unspecified atom stereocenters. The number of piperidine rings is 1. The predicted molar refractivity (Wildman–Crippen MR) is 111 cm³/mol. The zero-order chi connectivity index (χ0) is 20.9. The van der Waals surface area contributed by atoms with Gasteiger partial charge < -0.3 is 14.4 Å². The van der Waals surface area contributed by atoms with Gasteiger partial charge in [0.1, 0.15) is 5.54 Å². The summed E-state index contributed by atoms with van der Waals surface area (Å²) in [6, 6.07) is 10.1. The Morgan fingerprint density at radius 2 is 1.72 bits per heavy atom. The van der Waals surface area contributed by atoms with Gasteiger partial charge in [0.05, 0.1) is 13.2 Å². The van der Waals surface area contributed by atoms with Crippen LogP contribution in [0.15, 0.2) is 30.3 Å². The van der Waals surface area contributed by atoms with Crippen LogP contribution in [0, 0.1) is 0 Å². The molecule has 3 amide bonds. The van der Waals surface area contributed by atoms with Crippen LogP contribution in [0.5, 0.6) is 0 Å². The van der Waals surface area contributed by atoms with Crippen molar-refractivity contribution in [2.24, 2.45) is 0 Å². The van der Waals surface area contributed by atoms with Gasteiger partial charge in [-0.15, -0.1) is 0 Å². The zero-order valence-corrected chi connectivity index (χ0v) is 17.8. The van der Waals surface area contributed by atoms with E-state index in [0.29, 0.717) is 51.6 Å². The van der Waals surface area contributed by atoms with Gasteiger partial charge in [-0.05, 0) is 31.7 Å². The molecule has 0 aliphatic carbocycles. The lowest BCUT2D eigenvalue weighted by molar-refractivity contribution is -0.136. The molecule has 160 valence electrons. The summed E-state index contributed by atoms with van der Waals surface area (Å²) in [5, 5.41) is 0.